The van der Waals surface area contributed by atoms with Crippen LogP contribution in [0.5, 0.6) is 0 Å². The first-order valence-electron chi connectivity index (χ1n) is 7.80. The van der Waals surface area contributed by atoms with Gasteiger partial charge in [-0.1, -0.05) is 30.3 Å². The zero-order valence-electron chi connectivity index (χ0n) is 13.1. The Bertz CT molecular complexity index is 693. The summed E-state index contributed by atoms with van der Waals surface area (Å²) in [5.41, 5.74) is 1.74. The number of hydrogen-bond acceptors (Lipinski definition) is 3. The normalized spacial score (nSPS) is 17.5. The van der Waals surface area contributed by atoms with Gasteiger partial charge in [-0.15, -0.1) is 0 Å². The molecule has 2 heterocycles. The zero-order valence-corrected chi connectivity index (χ0v) is 13.1. The first-order chi connectivity index (χ1) is 11.1. The number of nitrogens with zero attached hydrogens (tertiary/aromatic N) is 1. The minimum atomic E-state index is -0.182. The summed E-state index contributed by atoms with van der Waals surface area (Å²) in [5, 5.41) is 2.92. The van der Waals surface area contributed by atoms with E-state index in [9.17, 15) is 9.59 Å². The van der Waals surface area contributed by atoms with E-state index in [1.807, 2.05) is 23.1 Å². The van der Waals surface area contributed by atoms with Crippen LogP contribution in [-0.4, -0.2) is 35.8 Å². The SMILES string of the molecule is Cc1occc1C(=O)N[C@H]1CC(=O)N(CCc2ccccc2)C1. The van der Waals surface area contributed by atoms with Gasteiger partial charge in [-0.05, 0) is 25.0 Å². The fraction of sp³-hybridized carbons (Fsp3) is 0.333. The predicted octanol–water partition coefficient (Wildman–Crippen LogP) is 2.16. The molecule has 120 valence electrons. The summed E-state index contributed by atoms with van der Waals surface area (Å²) in [7, 11) is 0. The Morgan fingerprint density at radius 1 is 1.30 bits per heavy atom. The molecule has 1 N–H and O–H groups in total. The zero-order chi connectivity index (χ0) is 16.2. The Hall–Kier alpha value is -2.56. The monoisotopic (exact) mass is 312 g/mol. The van der Waals surface area contributed by atoms with E-state index < -0.39 is 0 Å². The highest BCUT2D eigenvalue weighted by molar-refractivity contribution is 5.95. The third-order valence-electron chi connectivity index (χ3n) is 4.17. The molecule has 0 radical (unpaired) electrons. The number of benzene rings is 1. The second kappa shape index (κ2) is 6.69. The van der Waals surface area contributed by atoms with Gasteiger partial charge in [0.1, 0.15) is 5.76 Å². The lowest BCUT2D eigenvalue weighted by molar-refractivity contribution is -0.127. The topological polar surface area (TPSA) is 62.6 Å². The number of nitrogens with one attached hydrogen (secondary N) is 1. The van der Waals surface area contributed by atoms with Crippen LogP contribution in [0.3, 0.4) is 0 Å². The quantitative estimate of drug-likeness (QED) is 0.920. The van der Waals surface area contributed by atoms with Crippen LogP contribution < -0.4 is 5.32 Å². The fourth-order valence-corrected chi connectivity index (χ4v) is 2.88. The van der Waals surface area contributed by atoms with E-state index >= 15 is 0 Å². The third kappa shape index (κ3) is 3.62. The Labute approximate surface area is 135 Å². The van der Waals surface area contributed by atoms with Gasteiger partial charge in [0.25, 0.3) is 5.91 Å². The summed E-state index contributed by atoms with van der Waals surface area (Å²) in [6, 6.07) is 11.6. The van der Waals surface area contributed by atoms with Crippen molar-refractivity contribution in [1.29, 1.82) is 0 Å². The Balaban J connectivity index is 1.53. The molecule has 0 aliphatic carbocycles. The third-order valence-corrected chi connectivity index (χ3v) is 4.17. The van der Waals surface area contributed by atoms with Crippen LogP contribution in [0.25, 0.3) is 0 Å². The number of aryl methyl sites for hydroxylation is 1. The molecule has 0 spiro atoms. The summed E-state index contributed by atoms with van der Waals surface area (Å²) in [4.78, 5) is 26.1. The van der Waals surface area contributed by atoms with E-state index in [-0.39, 0.29) is 17.9 Å². The second-order valence-corrected chi connectivity index (χ2v) is 5.84. The van der Waals surface area contributed by atoms with Crippen molar-refractivity contribution in [3.05, 3.63) is 59.5 Å². The van der Waals surface area contributed by atoms with Crippen molar-refractivity contribution in [3.8, 4) is 0 Å². The van der Waals surface area contributed by atoms with Gasteiger partial charge in [0.2, 0.25) is 5.91 Å². The molecule has 1 aliphatic heterocycles. The lowest BCUT2D eigenvalue weighted by Crippen LogP contribution is -2.37. The van der Waals surface area contributed by atoms with Crippen molar-refractivity contribution in [3.63, 3.8) is 0 Å². The van der Waals surface area contributed by atoms with Gasteiger partial charge in [-0.25, -0.2) is 0 Å². The maximum atomic E-state index is 12.2. The molecule has 2 aromatic rings. The highest BCUT2D eigenvalue weighted by Gasteiger charge is 2.30. The molecule has 1 atom stereocenters. The molecule has 23 heavy (non-hydrogen) atoms. The average molecular weight is 312 g/mol. The number of furan rings is 1. The maximum absolute atomic E-state index is 12.2. The van der Waals surface area contributed by atoms with Gasteiger partial charge in [0.15, 0.2) is 0 Å². The molecule has 1 saturated heterocycles. The lowest BCUT2D eigenvalue weighted by Gasteiger charge is -2.17. The molecule has 0 bridgehead atoms. The number of carbonyl (C=O) groups is 2. The van der Waals surface area contributed by atoms with E-state index in [0.717, 1.165) is 6.42 Å². The van der Waals surface area contributed by atoms with E-state index in [1.165, 1.54) is 11.8 Å². The summed E-state index contributed by atoms with van der Waals surface area (Å²) in [5.74, 6) is 0.502. The number of hydrogen-bond donors (Lipinski definition) is 1. The van der Waals surface area contributed by atoms with Crippen LogP contribution >= 0.6 is 0 Å². The van der Waals surface area contributed by atoms with Gasteiger partial charge in [-0.3, -0.25) is 9.59 Å². The molecule has 5 nitrogen and oxygen atoms in total. The first-order valence-corrected chi connectivity index (χ1v) is 7.80. The maximum Gasteiger partial charge on any atom is 0.255 e. The number of amides is 2. The first kappa shape index (κ1) is 15.3. The molecule has 0 unspecified atom stereocenters. The smallest absolute Gasteiger partial charge is 0.255 e. The number of rotatable bonds is 5. The Morgan fingerprint density at radius 2 is 2.09 bits per heavy atom. The highest BCUT2D eigenvalue weighted by atomic mass is 16.3. The van der Waals surface area contributed by atoms with Crippen molar-refractivity contribution in [2.75, 3.05) is 13.1 Å². The average Bonchev–Trinajstić information content (AvgIpc) is 3.12. The lowest BCUT2D eigenvalue weighted by atomic mass is 10.1. The van der Waals surface area contributed by atoms with E-state index in [4.69, 9.17) is 4.42 Å². The summed E-state index contributed by atoms with van der Waals surface area (Å²) in [6.45, 7) is 3.00. The van der Waals surface area contributed by atoms with E-state index in [2.05, 4.69) is 17.4 Å². The Morgan fingerprint density at radius 3 is 2.78 bits per heavy atom. The van der Waals surface area contributed by atoms with Crippen LogP contribution in [0, 0.1) is 6.92 Å². The van der Waals surface area contributed by atoms with Gasteiger partial charge < -0.3 is 14.6 Å². The van der Waals surface area contributed by atoms with Gasteiger partial charge in [0, 0.05) is 19.5 Å². The van der Waals surface area contributed by atoms with Crippen molar-refractivity contribution in [1.82, 2.24) is 10.2 Å². The van der Waals surface area contributed by atoms with Gasteiger partial charge >= 0.3 is 0 Å². The predicted molar refractivity (Wildman–Crippen MR) is 86.0 cm³/mol. The largest absolute Gasteiger partial charge is 0.469 e. The fourth-order valence-electron chi connectivity index (χ4n) is 2.88. The highest BCUT2D eigenvalue weighted by Crippen LogP contribution is 2.14. The van der Waals surface area contributed by atoms with E-state index in [0.29, 0.717) is 30.8 Å². The van der Waals surface area contributed by atoms with Crippen molar-refractivity contribution in [2.24, 2.45) is 0 Å². The minimum Gasteiger partial charge on any atom is -0.469 e. The van der Waals surface area contributed by atoms with Crippen molar-refractivity contribution >= 4 is 11.8 Å². The van der Waals surface area contributed by atoms with Crippen LogP contribution in [0.4, 0.5) is 0 Å². The molecule has 1 aliphatic rings. The molecule has 3 rings (SSSR count). The molecule has 1 aromatic heterocycles. The number of likely N-dealkylation sites (tertiary alicyclic amines) is 1. The van der Waals surface area contributed by atoms with Crippen LogP contribution in [-0.2, 0) is 11.2 Å². The summed E-state index contributed by atoms with van der Waals surface area (Å²) in [6.07, 6.45) is 2.68. The molecular formula is C18H20N2O3. The molecular weight excluding hydrogens is 292 g/mol. The number of carbonyl (C=O) groups excluding carboxylic acids is 2. The standard InChI is InChI=1S/C18H20N2O3/c1-13-16(8-10-23-13)18(22)19-15-11-17(21)20(12-15)9-7-14-5-3-2-4-6-14/h2-6,8,10,15H,7,9,11-12H2,1H3,(H,19,22)/t15-/m0/s1. The van der Waals surface area contributed by atoms with Crippen LogP contribution in [0.1, 0.15) is 28.1 Å². The molecule has 1 fully saturated rings. The van der Waals surface area contributed by atoms with Crippen molar-refractivity contribution in [2.45, 2.75) is 25.8 Å². The van der Waals surface area contributed by atoms with Crippen LogP contribution in [0.15, 0.2) is 47.1 Å². The van der Waals surface area contributed by atoms with Gasteiger partial charge in [-0.2, -0.15) is 0 Å². The minimum absolute atomic E-state index is 0.0927. The van der Waals surface area contributed by atoms with Crippen molar-refractivity contribution < 1.29 is 14.0 Å². The molecule has 5 heteroatoms. The van der Waals surface area contributed by atoms with Crippen LogP contribution in [0.2, 0.25) is 0 Å². The second-order valence-electron chi connectivity index (χ2n) is 5.84. The molecule has 1 aromatic carbocycles. The van der Waals surface area contributed by atoms with E-state index in [1.54, 1.807) is 13.0 Å². The summed E-state index contributed by atoms with van der Waals surface area (Å²) < 4.78 is 5.14. The summed E-state index contributed by atoms with van der Waals surface area (Å²) >= 11 is 0. The Kier molecular flexibility index (Phi) is 4.46. The molecule has 0 saturated carbocycles. The molecule has 2 amide bonds. The van der Waals surface area contributed by atoms with Gasteiger partial charge in [0.05, 0.1) is 17.9 Å².